The summed E-state index contributed by atoms with van der Waals surface area (Å²) >= 11 is 0. The molecule has 0 aromatic heterocycles. The van der Waals surface area contributed by atoms with Gasteiger partial charge in [-0.15, -0.1) is 0 Å². The Labute approximate surface area is 103 Å². The van der Waals surface area contributed by atoms with Crippen molar-refractivity contribution in [2.75, 3.05) is 26.8 Å². The third-order valence-corrected chi connectivity index (χ3v) is 3.33. The molecule has 0 bridgehead atoms. The Balaban J connectivity index is 1.87. The Morgan fingerprint density at radius 1 is 1.35 bits per heavy atom. The average molecular weight is 235 g/mol. The summed E-state index contributed by atoms with van der Waals surface area (Å²) in [6, 6.07) is 8.27. The van der Waals surface area contributed by atoms with Gasteiger partial charge in [-0.05, 0) is 37.5 Å². The SMILES string of the molecule is COc1ccc(CCC2(C)CNCCO2)cc1. The molecule has 2 rings (SSSR count). The molecule has 1 aliphatic rings. The topological polar surface area (TPSA) is 30.5 Å². The van der Waals surface area contributed by atoms with Crippen molar-refractivity contribution in [3.05, 3.63) is 29.8 Å². The monoisotopic (exact) mass is 235 g/mol. The molecule has 0 radical (unpaired) electrons. The van der Waals surface area contributed by atoms with Crippen LogP contribution < -0.4 is 10.1 Å². The molecule has 0 saturated carbocycles. The standard InChI is InChI=1S/C14H21NO2/c1-14(11-15-9-10-17-14)8-7-12-3-5-13(16-2)6-4-12/h3-6,15H,7-11H2,1-2H3. The summed E-state index contributed by atoms with van der Waals surface area (Å²) in [5, 5.41) is 3.38. The Hall–Kier alpha value is -1.06. The maximum absolute atomic E-state index is 5.84. The van der Waals surface area contributed by atoms with E-state index in [-0.39, 0.29) is 5.60 Å². The van der Waals surface area contributed by atoms with Crippen LogP contribution in [0.25, 0.3) is 0 Å². The van der Waals surface area contributed by atoms with Crippen LogP contribution in [-0.2, 0) is 11.2 Å². The van der Waals surface area contributed by atoms with Crippen LogP contribution >= 0.6 is 0 Å². The molecule has 1 heterocycles. The third kappa shape index (κ3) is 3.45. The van der Waals surface area contributed by atoms with Gasteiger partial charge in [-0.1, -0.05) is 12.1 Å². The Morgan fingerprint density at radius 2 is 2.12 bits per heavy atom. The molecule has 1 fully saturated rings. The number of ether oxygens (including phenoxy) is 2. The van der Waals surface area contributed by atoms with Crippen LogP contribution in [0.5, 0.6) is 5.75 Å². The fourth-order valence-electron chi connectivity index (χ4n) is 2.13. The van der Waals surface area contributed by atoms with Gasteiger partial charge < -0.3 is 14.8 Å². The molecule has 17 heavy (non-hydrogen) atoms. The highest BCUT2D eigenvalue weighted by Crippen LogP contribution is 2.21. The molecule has 1 aromatic rings. The van der Waals surface area contributed by atoms with Gasteiger partial charge in [0.1, 0.15) is 5.75 Å². The Kier molecular flexibility index (Phi) is 4.02. The second-order valence-corrected chi connectivity index (χ2v) is 4.82. The van der Waals surface area contributed by atoms with Gasteiger partial charge in [0.25, 0.3) is 0 Å². The number of aryl methyl sites for hydroxylation is 1. The maximum atomic E-state index is 5.84. The highest BCUT2D eigenvalue weighted by Gasteiger charge is 2.26. The molecule has 0 amide bonds. The highest BCUT2D eigenvalue weighted by atomic mass is 16.5. The number of hydrogen-bond donors (Lipinski definition) is 1. The molecule has 0 aliphatic carbocycles. The van der Waals surface area contributed by atoms with Crippen LogP contribution in [0.15, 0.2) is 24.3 Å². The quantitative estimate of drug-likeness (QED) is 0.866. The molecule has 1 N–H and O–H groups in total. The maximum Gasteiger partial charge on any atom is 0.118 e. The first-order valence-corrected chi connectivity index (χ1v) is 6.19. The van der Waals surface area contributed by atoms with Gasteiger partial charge in [-0.3, -0.25) is 0 Å². The zero-order valence-electron chi connectivity index (χ0n) is 10.7. The lowest BCUT2D eigenvalue weighted by Gasteiger charge is -2.34. The summed E-state index contributed by atoms with van der Waals surface area (Å²) in [6.07, 6.45) is 2.09. The predicted octanol–water partition coefficient (Wildman–Crippen LogP) is 2.01. The number of nitrogens with one attached hydrogen (secondary N) is 1. The number of morpholine rings is 1. The summed E-state index contributed by atoms with van der Waals surface area (Å²) in [5.41, 5.74) is 1.32. The van der Waals surface area contributed by atoms with Crippen LogP contribution in [0.2, 0.25) is 0 Å². The molecule has 0 spiro atoms. The number of benzene rings is 1. The lowest BCUT2D eigenvalue weighted by atomic mass is 9.95. The first kappa shape index (κ1) is 12.4. The number of rotatable bonds is 4. The molecule has 1 atom stereocenters. The van der Waals surface area contributed by atoms with Crippen molar-refractivity contribution in [2.45, 2.75) is 25.4 Å². The van der Waals surface area contributed by atoms with Gasteiger partial charge in [-0.25, -0.2) is 0 Å². The van der Waals surface area contributed by atoms with Crippen molar-refractivity contribution in [2.24, 2.45) is 0 Å². The molecule has 1 aliphatic heterocycles. The smallest absolute Gasteiger partial charge is 0.118 e. The highest BCUT2D eigenvalue weighted by molar-refractivity contribution is 5.27. The fraction of sp³-hybridized carbons (Fsp3) is 0.571. The summed E-state index contributed by atoms with van der Waals surface area (Å²) in [6.45, 7) is 4.92. The minimum atomic E-state index is -0.0157. The van der Waals surface area contributed by atoms with E-state index in [1.807, 2.05) is 12.1 Å². The summed E-state index contributed by atoms with van der Waals surface area (Å²) in [4.78, 5) is 0. The van der Waals surface area contributed by atoms with Crippen molar-refractivity contribution in [1.29, 1.82) is 0 Å². The molecule has 3 nitrogen and oxygen atoms in total. The van der Waals surface area contributed by atoms with E-state index in [9.17, 15) is 0 Å². The van der Waals surface area contributed by atoms with E-state index < -0.39 is 0 Å². The Bertz CT molecular complexity index is 342. The van der Waals surface area contributed by atoms with Crippen molar-refractivity contribution in [3.63, 3.8) is 0 Å². The average Bonchev–Trinajstić information content (AvgIpc) is 2.38. The van der Waals surface area contributed by atoms with Crippen molar-refractivity contribution in [1.82, 2.24) is 5.32 Å². The van der Waals surface area contributed by atoms with Crippen LogP contribution in [-0.4, -0.2) is 32.4 Å². The first-order chi connectivity index (χ1) is 8.22. The lowest BCUT2D eigenvalue weighted by molar-refractivity contribution is -0.0573. The van der Waals surface area contributed by atoms with E-state index in [0.29, 0.717) is 0 Å². The van der Waals surface area contributed by atoms with E-state index in [1.165, 1.54) is 5.56 Å². The third-order valence-electron chi connectivity index (χ3n) is 3.33. The summed E-state index contributed by atoms with van der Waals surface area (Å²) in [5.74, 6) is 0.913. The predicted molar refractivity (Wildman–Crippen MR) is 68.5 cm³/mol. The number of methoxy groups -OCH3 is 1. The second kappa shape index (κ2) is 5.52. The molecule has 1 saturated heterocycles. The van der Waals surface area contributed by atoms with Gasteiger partial charge >= 0.3 is 0 Å². The van der Waals surface area contributed by atoms with E-state index in [0.717, 1.165) is 38.3 Å². The van der Waals surface area contributed by atoms with Gasteiger partial charge in [0, 0.05) is 13.1 Å². The second-order valence-electron chi connectivity index (χ2n) is 4.82. The fourth-order valence-corrected chi connectivity index (χ4v) is 2.13. The van der Waals surface area contributed by atoms with E-state index in [2.05, 4.69) is 24.4 Å². The summed E-state index contributed by atoms with van der Waals surface area (Å²) in [7, 11) is 1.69. The molecule has 94 valence electrons. The van der Waals surface area contributed by atoms with Crippen molar-refractivity contribution < 1.29 is 9.47 Å². The van der Waals surface area contributed by atoms with Crippen molar-refractivity contribution in [3.8, 4) is 5.75 Å². The first-order valence-electron chi connectivity index (χ1n) is 6.19. The molecule has 1 unspecified atom stereocenters. The minimum Gasteiger partial charge on any atom is -0.497 e. The Morgan fingerprint density at radius 3 is 2.71 bits per heavy atom. The summed E-state index contributed by atoms with van der Waals surface area (Å²) < 4.78 is 11.0. The molecule has 1 aromatic carbocycles. The minimum absolute atomic E-state index is 0.0157. The number of hydrogen-bond acceptors (Lipinski definition) is 3. The van der Waals surface area contributed by atoms with Crippen LogP contribution in [0.1, 0.15) is 18.9 Å². The van der Waals surface area contributed by atoms with E-state index in [4.69, 9.17) is 9.47 Å². The van der Waals surface area contributed by atoms with Gasteiger partial charge in [-0.2, -0.15) is 0 Å². The van der Waals surface area contributed by atoms with Crippen LogP contribution in [0.4, 0.5) is 0 Å². The zero-order valence-corrected chi connectivity index (χ0v) is 10.7. The molecular weight excluding hydrogens is 214 g/mol. The normalized spacial score (nSPS) is 24.6. The van der Waals surface area contributed by atoms with Crippen LogP contribution in [0.3, 0.4) is 0 Å². The largest absolute Gasteiger partial charge is 0.497 e. The lowest BCUT2D eigenvalue weighted by Crippen LogP contribution is -2.47. The van der Waals surface area contributed by atoms with E-state index >= 15 is 0 Å². The van der Waals surface area contributed by atoms with E-state index in [1.54, 1.807) is 7.11 Å². The zero-order chi connectivity index (χ0) is 12.1. The molecular formula is C14H21NO2. The van der Waals surface area contributed by atoms with Gasteiger partial charge in [0.15, 0.2) is 0 Å². The van der Waals surface area contributed by atoms with Crippen LogP contribution in [0, 0.1) is 0 Å². The van der Waals surface area contributed by atoms with Crippen molar-refractivity contribution >= 4 is 0 Å². The van der Waals surface area contributed by atoms with Gasteiger partial charge in [0.05, 0.1) is 19.3 Å². The molecule has 3 heteroatoms. The van der Waals surface area contributed by atoms with Gasteiger partial charge in [0.2, 0.25) is 0 Å².